The van der Waals surface area contributed by atoms with E-state index in [0.717, 1.165) is 35.9 Å². The van der Waals surface area contributed by atoms with E-state index in [0.29, 0.717) is 46.1 Å². The molecule has 59 heavy (non-hydrogen) atoms. The van der Waals surface area contributed by atoms with E-state index in [1.165, 1.54) is 11.8 Å². The molecule has 2 aromatic carbocycles. The summed E-state index contributed by atoms with van der Waals surface area (Å²) >= 11 is 14.7. The van der Waals surface area contributed by atoms with E-state index in [4.69, 9.17) is 37.3 Å². The highest BCUT2D eigenvalue weighted by atomic mass is 35.5. The first-order valence-corrected chi connectivity index (χ1v) is 25.7. The first-order valence-electron chi connectivity index (χ1n) is 20.8. The summed E-state index contributed by atoms with van der Waals surface area (Å²) in [6, 6.07) is 10.9. The number of hydrogen-bond donors (Lipinski definition) is 0. The van der Waals surface area contributed by atoms with Gasteiger partial charge in [0.25, 0.3) is 0 Å². The zero-order valence-electron chi connectivity index (χ0n) is 35.4. The van der Waals surface area contributed by atoms with Gasteiger partial charge >= 0.3 is 6.09 Å². The molecule has 314 valence electrons. The number of aromatic nitrogens is 2. The van der Waals surface area contributed by atoms with Gasteiger partial charge in [-0.15, -0.1) is 11.8 Å². The van der Waals surface area contributed by atoms with Crippen LogP contribution in [0.1, 0.15) is 97.0 Å². The normalized spacial score (nSPS) is 23.3. The molecule has 2 amide bonds. The van der Waals surface area contributed by atoms with Crippen molar-refractivity contribution >= 4 is 77.1 Å². The molecule has 0 N–H and O–H groups in total. The molecule has 5 heterocycles. The van der Waals surface area contributed by atoms with Crippen LogP contribution in [0.3, 0.4) is 0 Å². The summed E-state index contributed by atoms with van der Waals surface area (Å²) in [5, 5.41) is 12.4. The molecule has 9 rings (SSSR count). The molecule has 3 saturated heterocycles. The summed E-state index contributed by atoms with van der Waals surface area (Å²) in [4.78, 5) is 37.0. The number of nitrogens with zero attached hydrogens (tertiary/aromatic N) is 5. The molecule has 9 nitrogen and oxygen atoms in total. The Morgan fingerprint density at radius 3 is 2.42 bits per heavy atom. The molecule has 2 saturated carbocycles. The van der Waals surface area contributed by atoms with Gasteiger partial charge in [-0.05, 0) is 94.6 Å². The lowest BCUT2D eigenvalue weighted by atomic mass is 9.79. The Balaban J connectivity index is 1.38. The number of benzene rings is 2. The van der Waals surface area contributed by atoms with Crippen molar-refractivity contribution in [1.29, 1.82) is 5.26 Å². The number of pyridine rings is 1. The van der Waals surface area contributed by atoms with E-state index >= 15 is 4.39 Å². The molecule has 2 aromatic heterocycles. The third kappa shape index (κ3) is 7.45. The lowest BCUT2D eigenvalue weighted by Gasteiger charge is -2.40. The number of fused-ring (bicyclic) bond motifs is 4. The van der Waals surface area contributed by atoms with Crippen LogP contribution in [-0.2, 0) is 20.4 Å². The minimum absolute atomic E-state index is 0.00210. The number of amides is 2. The van der Waals surface area contributed by atoms with Gasteiger partial charge < -0.3 is 23.5 Å². The summed E-state index contributed by atoms with van der Waals surface area (Å²) in [7, 11) is -2.21. The predicted molar refractivity (Wildman–Crippen MR) is 236 cm³/mol. The fraction of sp³-hybridized carbons (Fsp3) is 0.556. The van der Waals surface area contributed by atoms with Gasteiger partial charge in [-0.25, -0.2) is 14.2 Å². The second kappa shape index (κ2) is 15.2. The third-order valence-electron chi connectivity index (χ3n) is 13.3. The number of rotatable bonds is 9. The van der Waals surface area contributed by atoms with Gasteiger partial charge in [0.2, 0.25) is 5.91 Å². The van der Waals surface area contributed by atoms with E-state index in [2.05, 4.69) is 55.5 Å². The van der Waals surface area contributed by atoms with E-state index in [9.17, 15) is 14.9 Å². The Hall–Kier alpha value is -3.34. The van der Waals surface area contributed by atoms with Gasteiger partial charge in [-0.3, -0.25) is 4.79 Å². The number of thioether (sulfide) groups is 1. The largest absolute Gasteiger partial charge is 0.444 e. The number of halogens is 3. The number of hydrogen-bond acceptors (Lipinski definition) is 7. The number of likely N-dealkylation sites (tertiary alicyclic amines) is 1. The molecule has 2 bridgehead atoms. The van der Waals surface area contributed by atoms with Crippen LogP contribution in [0.4, 0.5) is 9.18 Å². The minimum atomic E-state index is -2.21. The number of carbonyl (C=O) groups is 2. The molecule has 0 spiro atoms. The molecular weight excluding hydrogens is 825 g/mol. The zero-order valence-corrected chi connectivity index (χ0v) is 38.7. The summed E-state index contributed by atoms with van der Waals surface area (Å²) in [6.07, 6.45) is 5.08. The van der Waals surface area contributed by atoms with Crippen molar-refractivity contribution in [2.24, 2.45) is 11.8 Å². The van der Waals surface area contributed by atoms with Crippen molar-refractivity contribution < 1.29 is 23.1 Å². The third-order valence-corrected chi connectivity index (χ3v) is 19.3. The average Bonchev–Trinajstić information content (AvgIpc) is 3.43. The quantitative estimate of drug-likeness (QED) is 0.122. The second-order valence-corrected chi connectivity index (χ2v) is 25.7. The molecule has 3 aliphatic heterocycles. The number of nitriles is 1. The molecule has 0 unspecified atom stereocenters. The summed E-state index contributed by atoms with van der Waals surface area (Å²) in [5.74, 6) is -0.265. The van der Waals surface area contributed by atoms with Crippen LogP contribution in [0, 0.1) is 29.0 Å². The topological polar surface area (TPSA) is 101 Å². The number of aryl methyl sites for hydroxylation is 1. The van der Waals surface area contributed by atoms with Gasteiger partial charge in [-0.2, -0.15) is 5.26 Å². The molecule has 14 heteroatoms. The van der Waals surface area contributed by atoms with Gasteiger partial charge in [0.15, 0.2) is 14.1 Å². The van der Waals surface area contributed by atoms with Crippen molar-refractivity contribution in [2.75, 3.05) is 19.3 Å². The van der Waals surface area contributed by atoms with Gasteiger partial charge in [0.1, 0.15) is 16.1 Å². The molecule has 5 aliphatic rings. The van der Waals surface area contributed by atoms with Gasteiger partial charge in [-0.1, -0.05) is 56.1 Å². The number of ether oxygens (including phenoxy) is 1. The monoisotopic (exact) mass is 877 g/mol. The predicted octanol–water partition coefficient (Wildman–Crippen LogP) is 11.7. The van der Waals surface area contributed by atoms with Gasteiger partial charge in [0, 0.05) is 65.4 Å². The standard InChI is InChI=1S/C45H54Cl2FN5O4SSi/c1-44(2,3)56-43(55)52-22-26-19-34(52)39(26)53-33(32-20-27(57-59(8,9)45(4,5)6)23-51(32)42(54)24-15-16-24)21-30-40(53)29-18-25(12-11-17-49)35(28-13-10-14-31(46)36(28)47)37(48)38(29)50-41(30)58-7/h10,13-14,18,21,24,26-27,32,34,39H,11-12,15-16,19-20,22-23H2,1-9H3/t26-,27+,32-,34-,39+/m1/s1. The molecule has 4 aromatic rings. The minimum Gasteiger partial charge on any atom is -0.444 e. The zero-order chi connectivity index (χ0) is 42.5. The fourth-order valence-electron chi connectivity index (χ4n) is 9.30. The van der Waals surface area contributed by atoms with Crippen molar-refractivity contribution in [1.82, 2.24) is 19.4 Å². The van der Waals surface area contributed by atoms with Crippen LogP contribution >= 0.6 is 35.0 Å². The highest BCUT2D eigenvalue weighted by Crippen LogP contribution is 2.55. The maximum absolute atomic E-state index is 17.6. The Morgan fingerprint density at radius 1 is 1.05 bits per heavy atom. The SMILES string of the molecule is CSc1nc2c(F)c(-c3cccc(Cl)c3Cl)c(CCC#N)cc2c2c1cc([C@H]1C[C@H](O[Si](C)(C)C(C)(C)C)CN1C(=O)C1CC1)n2[C@H]1[C@@H]2C[C@H]1N(C(=O)OC(C)(C)C)C2. The molecule has 0 radical (unpaired) electrons. The summed E-state index contributed by atoms with van der Waals surface area (Å²) in [6.45, 7) is 17.9. The Kier molecular flexibility index (Phi) is 10.9. The second-order valence-electron chi connectivity index (χ2n) is 19.4. The van der Waals surface area contributed by atoms with Gasteiger partial charge in [0.05, 0.1) is 45.9 Å². The highest BCUT2D eigenvalue weighted by molar-refractivity contribution is 7.98. The fourth-order valence-corrected chi connectivity index (χ4v) is 11.6. The summed E-state index contributed by atoms with van der Waals surface area (Å²) < 4.78 is 32.9. The maximum atomic E-state index is 17.6. The van der Waals surface area contributed by atoms with Crippen LogP contribution in [0.5, 0.6) is 0 Å². The van der Waals surface area contributed by atoms with E-state index < -0.39 is 19.7 Å². The van der Waals surface area contributed by atoms with Crippen LogP contribution in [0.15, 0.2) is 35.4 Å². The molecule has 5 atom stereocenters. The smallest absolute Gasteiger partial charge is 0.410 e. The first kappa shape index (κ1) is 42.4. The lowest BCUT2D eigenvalue weighted by molar-refractivity contribution is -0.133. The summed E-state index contributed by atoms with van der Waals surface area (Å²) in [5.41, 5.74) is 2.63. The lowest BCUT2D eigenvalue weighted by Crippen LogP contribution is -2.45. The van der Waals surface area contributed by atoms with Crippen LogP contribution in [-0.4, -0.2) is 76.8 Å². The molecule has 2 aliphatic carbocycles. The van der Waals surface area contributed by atoms with Crippen molar-refractivity contribution in [3.8, 4) is 17.2 Å². The Bertz CT molecular complexity index is 2420. The van der Waals surface area contributed by atoms with E-state index in [-0.39, 0.29) is 82.0 Å². The van der Waals surface area contributed by atoms with Crippen LogP contribution < -0.4 is 0 Å². The van der Waals surface area contributed by atoms with Crippen molar-refractivity contribution in [3.05, 3.63) is 57.5 Å². The van der Waals surface area contributed by atoms with Crippen molar-refractivity contribution in [3.63, 3.8) is 0 Å². The van der Waals surface area contributed by atoms with Crippen LogP contribution in [0.25, 0.3) is 32.9 Å². The Morgan fingerprint density at radius 2 is 1.78 bits per heavy atom. The molecular formula is C45H54Cl2FN5O4SSi. The van der Waals surface area contributed by atoms with E-state index in [1.807, 2.05) is 38.0 Å². The highest BCUT2D eigenvalue weighted by Gasteiger charge is 2.57. The maximum Gasteiger partial charge on any atom is 0.410 e. The molecule has 5 fully saturated rings. The first-order chi connectivity index (χ1) is 27.7. The Labute approximate surface area is 362 Å². The van der Waals surface area contributed by atoms with E-state index in [1.54, 1.807) is 18.2 Å². The number of carbonyl (C=O) groups excluding carboxylic acids is 2. The average molecular weight is 879 g/mol. The van der Waals surface area contributed by atoms with Crippen molar-refractivity contribution in [2.45, 2.75) is 133 Å². The van der Waals surface area contributed by atoms with Crippen LogP contribution in [0.2, 0.25) is 28.2 Å².